The van der Waals surface area contributed by atoms with Gasteiger partial charge in [-0.1, -0.05) is 31.2 Å². The molecular weight excluding hydrogens is 304 g/mol. The van der Waals surface area contributed by atoms with Crippen LogP contribution in [-0.2, 0) is 19.0 Å². The molecule has 1 unspecified atom stereocenters. The van der Waals surface area contributed by atoms with E-state index in [-0.39, 0.29) is 35.6 Å². The summed E-state index contributed by atoms with van der Waals surface area (Å²) in [6.07, 6.45) is 7.00. The van der Waals surface area contributed by atoms with Crippen LogP contribution in [0.3, 0.4) is 0 Å². The predicted octanol–water partition coefficient (Wildman–Crippen LogP) is 3.83. The van der Waals surface area contributed by atoms with Gasteiger partial charge in [-0.15, -0.1) is 13.2 Å². The van der Waals surface area contributed by atoms with Crippen LogP contribution in [0.4, 0.5) is 0 Å². The molecule has 5 atom stereocenters. The molecule has 4 heteroatoms. The molecule has 0 radical (unpaired) electrons. The molecule has 2 aliphatic rings. The Labute approximate surface area is 145 Å². The third kappa shape index (κ3) is 4.37. The Morgan fingerprint density at radius 3 is 2.79 bits per heavy atom. The third-order valence-corrected chi connectivity index (χ3v) is 5.15. The molecule has 0 aromatic heterocycles. The number of carbonyl (C=O) groups excluding carboxylic acids is 1. The van der Waals surface area contributed by atoms with Crippen LogP contribution in [0.5, 0.6) is 0 Å². The predicted molar refractivity (Wildman–Crippen MR) is 94.6 cm³/mol. The van der Waals surface area contributed by atoms with Crippen molar-refractivity contribution in [1.82, 2.24) is 0 Å². The van der Waals surface area contributed by atoms with Gasteiger partial charge in [0.05, 0.1) is 24.7 Å². The lowest BCUT2D eigenvalue weighted by Gasteiger charge is -2.19. The van der Waals surface area contributed by atoms with Crippen molar-refractivity contribution in [2.45, 2.75) is 57.3 Å². The Kier molecular flexibility index (Phi) is 6.41. The topological polar surface area (TPSA) is 48.1 Å². The minimum Gasteiger partial charge on any atom is -0.459 e. The van der Waals surface area contributed by atoms with Crippen molar-refractivity contribution in [2.24, 2.45) is 11.8 Å². The summed E-state index contributed by atoms with van der Waals surface area (Å²) in [5, 5.41) is 0. The van der Waals surface area contributed by atoms with Gasteiger partial charge in [-0.25, -0.2) is 0 Å². The van der Waals surface area contributed by atoms with E-state index in [2.05, 4.69) is 26.7 Å². The van der Waals surface area contributed by atoms with E-state index < -0.39 is 0 Å². The lowest BCUT2D eigenvalue weighted by Crippen LogP contribution is -2.29. The third-order valence-electron chi connectivity index (χ3n) is 5.15. The molecule has 0 spiro atoms. The van der Waals surface area contributed by atoms with Gasteiger partial charge in [-0.2, -0.15) is 0 Å². The minimum absolute atomic E-state index is 0.00151. The molecule has 2 heterocycles. The van der Waals surface area contributed by atoms with E-state index in [9.17, 15) is 4.79 Å². The molecule has 24 heavy (non-hydrogen) atoms. The molecule has 0 aromatic carbocycles. The van der Waals surface area contributed by atoms with Gasteiger partial charge in [0.1, 0.15) is 12.2 Å². The highest BCUT2D eigenvalue weighted by Gasteiger charge is 2.61. The zero-order valence-corrected chi connectivity index (χ0v) is 15.0. The van der Waals surface area contributed by atoms with E-state index in [1.54, 1.807) is 6.08 Å². The van der Waals surface area contributed by atoms with Gasteiger partial charge in [-0.3, -0.25) is 4.79 Å². The highest BCUT2D eigenvalue weighted by molar-refractivity contribution is 5.75. The van der Waals surface area contributed by atoms with Gasteiger partial charge in [0.15, 0.2) is 0 Å². The van der Waals surface area contributed by atoms with Gasteiger partial charge < -0.3 is 14.2 Å². The first-order chi connectivity index (χ1) is 11.4. The summed E-state index contributed by atoms with van der Waals surface area (Å²) in [6, 6.07) is 0. The Morgan fingerprint density at radius 1 is 1.38 bits per heavy atom. The highest BCUT2D eigenvalue weighted by Crippen LogP contribution is 2.49. The van der Waals surface area contributed by atoms with Crippen LogP contribution in [0.15, 0.2) is 37.5 Å². The zero-order chi connectivity index (χ0) is 17.7. The maximum atomic E-state index is 12.1. The van der Waals surface area contributed by atoms with Crippen LogP contribution < -0.4 is 0 Å². The van der Waals surface area contributed by atoms with Crippen LogP contribution in [-0.4, -0.2) is 37.0 Å². The molecule has 0 amide bonds. The van der Waals surface area contributed by atoms with E-state index in [0.29, 0.717) is 13.2 Å². The molecule has 2 saturated heterocycles. The van der Waals surface area contributed by atoms with Crippen molar-refractivity contribution in [3.05, 3.63) is 37.5 Å². The van der Waals surface area contributed by atoms with E-state index >= 15 is 0 Å². The van der Waals surface area contributed by atoms with E-state index in [0.717, 1.165) is 31.3 Å². The van der Waals surface area contributed by atoms with Crippen molar-refractivity contribution in [3.63, 3.8) is 0 Å². The van der Waals surface area contributed by atoms with Crippen molar-refractivity contribution in [2.75, 3.05) is 13.2 Å². The molecule has 0 N–H and O–H groups in total. The number of cyclic esters (lactones) is 1. The maximum Gasteiger partial charge on any atom is 0.309 e. The van der Waals surface area contributed by atoms with E-state index in [4.69, 9.17) is 14.2 Å². The first kappa shape index (κ1) is 18.9. The van der Waals surface area contributed by atoms with Crippen LogP contribution in [0.2, 0.25) is 0 Å². The molecule has 0 aliphatic carbocycles. The van der Waals surface area contributed by atoms with Crippen LogP contribution >= 0.6 is 0 Å². The first-order valence-corrected chi connectivity index (χ1v) is 8.77. The SMILES string of the molecule is C=CCC[C@@]1(C)O[C@@H]1[C@H]1OC(=O)C(C)[C@@H]1CCC(=C)COCC=C. The molecule has 2 fully saturated rings. The lowest BCUT2D eigenvalue weighted by molar-refractivity contribution is -0.144. The number of rotatable bonds is 11. The smallest absolute Gasteiger partial charge is 0.309 e. The van der Waals surface area contributed by atoms with Crippen molar-refractivity contribution < 1.29 is 19.0 Å². The van der Waals surface area contributed by atoms with Crippen molar-refractivity contribution in [1.29, 1.82) is 0 Å². The summed E-state index contributed by atoms with van der Waals surface area (Å²) in [5.74, 6) is -0.0333. The zero-order valence-electron chi connectivity index (χ0n) is 15.0. The summed E-state index contributed by atoms with van der Waals surface area (Å²) < 4.78 is 17.0. The Hall–Kier alpha value is -1.39. The number of allylic oxidation sites excluding steroid dienone is 1. The summed E-state index contributed by atoms with van der Waals surface area (Å²) in [4.78, 5) is 12.1. The van der Waals surface area contributed by atoms with Crippen molar-refractivity contribution in [3.8, 4) is 0 Å². The Balaban J connectivity index is 1.89. The summed E-state index contributed by atoms with van der Waals surface area (Å²) in [5.41, 5.74) is 0.846. The highest BCUT2D eigenvalue weighted by atomic mass is 16.6. The molecule has 134 valence electrons. The average molecular weight is 334 g/mol. The molecule has 2 aliphatic heterocycles. The van der Waals surface area contributed by atoms with Crippen LogP contribution in [0.25, 0.3) is 0 Å². The number of hydrogen-bond donors (Lipinski definition) is 0. The molecular formula is C20H30O4. The second-order valence-corrected chi connectivity index (χ2v) is 7.12. The van der Waals surface area contributed by atoms with Gasteiger partial charge in [0, 0.05) is 5.92 Å². The number of ether oxygens (including phenoxy) is 3. The monoisotopic (exact) mass is 334 g/mol. The standard InChI is InChI=1S/C20H30O4/c1-6-8-11-20(5)18(24-20)17-16(15(4)19(21)23-17)10-9-14(3)13-22-12-7-2/h6-7,15-18H,1-3,8-13H2,4-5H3/t15?,16-,17-,18+,20+/m0/s1. The Bertz CT molecular complexity index is 498. The van der Waals surface area contributed by atoms with Gasteiger partial charge in [0.25, 0.3) is 0 Å². The molecule has 2 rings (SSSR count). The number of esters is 1. The van der Waals surface area contributed by atoms with E-state index in [1.807, 2.05) is 13.0 Å². The fourth-order valence-corrected chi connectivity index (χ4v) is 3.48. The Morgan fingerprint density at radius 2 is 2.12 bits per heavy atom. The molecule has 4 nitrogen and oxygen atoms in total. The van der Waals surface area contributed by atoms with Crippen LogP contribution in [0, 0.1) is 11.8 Å². The summed E-state index contributed by atoms with van der Waals surface area (Å²) in [6.45, 7) is 16.6. The largest absolute Gasteiger partial charge is 0.459 e. The quantitative estimate of drug-likeness (QED) is 0.249. The maximum absolute atomic E-state index is 12.1. The van der Waals surface area contributed by atoms with Gasteiger partial charge in [0.2, 0.25) is 0 Å². The number of hydrogen-bond acceptors (Lipinski definition) is 4. The van der Waals surface area contributed by atoms with Crippen molar-refractivity contribution >= 4 is 5.97 Å². The fourth-order valence-electron chi connectivity index (χ4n) is 3.48. The molecule has 0 saturated carbocycles. The van der Waals surface area contributed by atoms with Gasteiger partial charge >= 0.3 is 5.97 Å². The first-order valence-electron chi connectivity index (χ1n) is 8.77. The average Bonchev–Trinajstić information content (AvgIpc) is 3.14. The molecule has 0 bridgehead atoms. The summed E-state index contributed by atoms with van der Waals surface area (Å²) in [7, 11) is 0. The minimum atomic E-state index is -0.189. The number of carbonyl (C=O) groups is 1. The normalized spacial score (nSPS) is 34.7. The van der Waals surface area contributed by atoms with E-state index in [1.165, 1.54) is 0 Å². The van der Waals surface area contributed by atoms with Crippen LogP contribution in [0.1, 0.15) is 39.5 Å². The lowest BCUT2D eigenvalue weighted by atomic mass is 9.82. The number of epoxide rings is 1. The second-order valence-electron chi connectivity index (χ2n) is 7.12. The summed E-state index contributed by atoms with van der Waals surface area (Å²) >= 11 is 0. The van der Waals surface area contributed by atoms with Gasteiger partial charge in [-0.05, 0) is 32.6 Å². The molecule has 0 aromatic rings. The fraction of sp³-hybridized carbons (Fsp3) is 0.650. The second kappa shape index (κ2) is 8.13.